The van der Waals surface area contributed by atoms with Crippen molar-refractivity contribution in [2.24, 2.45) is 0 Å². The molecular formula is C20H23ClN4O3. The second kappa shape index (κ2) is 9.41. The quantitative estimate of drug-likeness (QED) is 0.801. The van der Waals surface area contributed by atoms with Crippen molar-refractivity contribution in [1.29, 1.82) is 0 Å². The standard InChI is InChI=1S/C20H23ClN4O3/c1-2-28-20-17(4-3-9-22-20)19(27)23-14-18(26)25-12-10-24(11-13-25)16-7-5-15(21)6-8-16/h3-9H,2,10-14H2,1H3,(H,23,27). The molecule has 1 aliphatic heterocycles. The molecule has 1 saturated heterocycles. The van der Waals surface area contributed by atoms with Crippen molar-refractivity contribution in [3.05, 3.63) is 53.2 Å². The van der Waals surface area contributed by atoms with Gasteiger partial charge in [0, 0.05) is 43.1 Å². The van der Waals surface area contributed by atoms with Crippen LogP contribution in [0.25, 0.3) is 0 Å². The van der Waals surface area contributed by atoms with Gasteiger partial charge in [0.05, 0.1) is 13.2 Å². The molecule has 1 aromatic carbocycles. The number of anilines is 1. The zero-order chi connectivity index (χ0) is 19.9. The lowest BCUT2D eigenvalue weighted by molar-refractivity contribution is -0.130. The summed E-state index contributed by atoms with van der Waals surface area (Å²) in [6, 6.07) is 11.0. The number of carbonyl (C=O) groups excluding carboxylic acids is 2. The van der Waals surface area contributed by atoms with Crippen LogP contribution in [0.15, 0.2) is 42.6 Å². The summed E-state index contributed by atoms with van der Waals surface area (Å²) in [5.74, 6) is -0.206. The molecule has 2 aromatic rings. The van der Waals surface area contributed by atoms with Gasteiger partial charge < -0.3 is 19.9 Å². The highest BCUT2D eigenvalue weighted by Gasteiger charge is 2.22. The topological polar surface area (TPSA) is 74.8 Å². The first kappa shape index (κ1) is 19.9. The van der Waals surface area contributed by atoms with Gasteiger partial charge in [-0.15, -0.1) is 0 Å². The number of piperazine rings is 1. The van der Waals surface area contributed by atoms with Crippen molar-refractivity contribution in [3.8, 4) is 5.88 Å². The minimum atomic E-state index is -0.371. The van der Waals surface area contributed by atoms with E-state index in [1.165, 1.54) is 0 Å². The Morgan fingerprint density at radius 1 is 1.14 bits per heavy atom. The second-order valence-corrected chi connectivity index (χ2v) is 6.75. The summed E-state index contributed by atoms with van der Waals surface area (Å²) in [6.45, 7) is 4.86. The molecule has 1 fully saturated rings. The SMILES string of the molecule is CCOc1ncccc1C(=O)NCC(=O)N1CCN(c2ccc(Cl)cc2)CC1. The largest absolute Gasteiger partial charge is 0.477 e. The third-order valence-corrected chi connectivity index (χ3v) is 4.77. The molecule has 8 heteroatoms. The minimum Gasteiger partial charge on any atom is -0.477 e. The maximum atomic E-state index is 12.5. The lowest BCUT2D eigenvalue weighted by Gasteiger charge is -2.36. The molecule has 0 bridgehead atoms. The van der Waals surface area contributed by atoms with Crippen molar-refractivity contribution < 1.29 is 14.3 Å². The fraction of sp³-hybridized carbons (Fsp3) is 0.350. The monoisotopic (exact) mass is 402 g/mol. The highest BCUT2D eigenvalue weighted by Crippen LogP contribution is 2.19. The van der Waals surface area contributed by atoms with E-state index >= 15 is 0 Å². The molecule has 148 valence electrons. The smallest absolute Gasteiger partial charge is 0.257 e. The first-order valence-corrected chi connectivity index (χ1v) is 9.60. The Bertz CT molecular complexity index is 820. The Labute approximate surface area is 169 Å². The number of nitrogens with one attached hydrogen (secondary N) is 1. The first-order valence-electron chi connectivity index (χ1n) is 9.22. The maximum absolute atomic E-state index is 12.5. The summed E-state index contributed by atoms with van der Waals surface area (Å²) in [4.78, 5) is 32.9. The van der Waals surface area contributed by atoms with Crippen molar-refractivity contribution in [2.75, 3.05) is 44.2 Å². The Hall–Kier alpha value is -2.80. The van der Waals surface area contributed by atoms with Crippen LogP contribution in [-0.2, 0) is 4.79 Å². The van der Waals surface area contributed by atoms with Gasteiger partial charge in [0.2, 0.25) is 11.8 Å². The van der Waals surface area contributed by atoms with Gasteiger partial charge in [-0.1, -0.05) is 11.6 Å². The van der Waals surface area contributed by atoms with Crippen LogP contribution >= 0.6 is 11.6 Å². The average molecular weight is 403 g/mol. The van der Waals surface area contributed by atoms with E-state index in [2.05, 4.69) is 15.2 Å². The number of rotatable bonds is 6. The van der Waals surface area contributed by atoms with Crippen LogP contribution in [0.4, 0.5) is 5.69 Å². The van der Waals surface area contributed by atoms with E-state index in [1.807, 2.05) is 31.2 Å². The van der Waals surface area contributed by atoms with Crippen LogP contribution in [0, 0.1) is 0 Å². The molecule has 0 atom stereocenters. The van der Waals surface area contributed by atoms with E-state index in [1.54, 1.807) is 23.2 Å². The zero-order valence-corrected chi connectivity index (χ0v) is 16.5. The molecule has 3 rings (SSSR count). The Morgan fingerprint density at radius 2 is 1.86 bits per heavy atom. The number of benzene rings is 1. The number of nitrogens with zero attached hydrogens (tertiary/aromatic N) is 3. The Morgan fingerprint density at radius 3 is 2.54 bits per heavy atom. The van der Waals surface area contributed by atoms with E-state index in [0.717, 1.165) is 18.8 Å². The van der Waals surface area contributed by atoms with E-state index in [-0.39, 0.29) is 24.2 Å². The number of pyridine rings is 1. The maximum Gasteiger partial charge on any atom is 0.257 e. The summed E-state index contributed by atoms with van der Waals surface area (Å²) in [5, 5.41) is 3.37. The summed E-state index contributed by atoms with van der Waals surface area (Å²) in [7, 11) is 0. The van der Waals surface area contributed by atoms with Gasteiger partial charge in [-0.2, -0.15) is 0 Å². The molecule has 0 unspecified atom stereocenters. The third kappa shape index (κ3) is 4.92. The Kier molecular flexibility index (Phi) is 6.71. The molecule has 7 nitrogen and oxygen atoms in total. The molecule has 1 aliphatic rings. The van der Waals surface area contributed by atoms with Crippen LogP contribution in [0.3, 0.4) is 0 Å². The van der Waals surface area contributed by atoms with Gasteiger partial charge in [0.1, 0.15) is 5.56 Å². The molecule has 0 saturated carbocycles. The molecule has 1 aromatic heterocycles. The number of ether oxygens (including phenoxy) is 1. The molecule has 2 heterocycles. The first-order chi connectivity index (χ1) is 13.6. The summed E-state index contributed by atoms with van der Waals surface area (Å²) in [6.07, 6.45) is 1.56. The highest BCUT2D eigenvalue weighted by molar-refractivity contribution is 6.30. The van der Waals surface area contributed by atoms with Gasteiger partial charge in [0.25, 0.3) is 5.91 Å². The summed E-state index contributed by atoms with van der Waals surface area (Å²) < 4.78 is 5.36. The molecule has 0 aliphatic carbocycles. The van der Waals surface area contributed by atoms with Gasteiger partial charge in [-0.3, -0.25) is 9.59 Å². The number of halogens is 1. The lowest BCUT2D eigenvalue weighted by atomic mass is 10.2. The van der Waals surface area contributed by atoms with Crippen LogP contribution in [0.1, 0.15) is 17.3 Å². The predicted molar refractivity (Wildman–Crippen MR) is 108 cm³/mol. The minimum absolute atomic E-state index is 0.0553. The molecule has 0 radical (unpaired) electrons. The predicted octanol–water partition coefficient (Wildman–Crippen LogP) is 2.21. The number of hydrogen-bond donors (Lipinski definition) is 1. The van der Waals surface area contributed by atoms with E-state index < -0.39 is 0 Å². The zero-order valence-electron chi connectivity index (χ0n) is 15.7. The molecule has 2 amide bonds. The fourth-order valence-corrected chi connectivity index (χ4v) is 3.17. The van der Waals surface area contributed by atoms with Gasteiger partial charge in [-0.25, -0.2) is 4.98 Å². The Balaban J connectivity index is 1.49. The lowest BCUT2D eigenvalue weighted by Crippen LogP contribution is -2.51. The van der Waals surface area contributed by atoms with Crippen molar-refractivity contribution in [2.45, 2.75) is 6.92 Å². The van der Waals surface area contributed by atoms with E-state index in [0.29, 0.717) is 30.3 Å². The van der Waals surface area contributed by atoms with Crippen LogP contribution in [0.2, 0.25) is 5.02 Å². The second-order valence-electron chi connectivity index (χ2n) is 6.32. The highest BCUT2D eigenvalue weighted by atomic mass is 35.5. The van der Waals surface area contributed by atoms with Gasteiger partial charge in [-0.05, 0) is 43.3 Å². The summed E-state index contributed by atoms with van der Waals surface area (Å²) >= 11 is 5.93. The average Bonchev–Trinajstić information content (AvgIpc) is 2.73. The molecule has 0 spiro atoms. The normalized spacial score (nSPS) is 13.9. The van der Waals surface area contributed by atoms with Crippen molar-refractivity contribution in [1.82, 2.24) is 15.2 Å². The molecule has 1 N–H and O–H groups in total. The third-order valence-electron chi connectivity index (χ3n) is 4.52. The number of amides is 2. The van der Waals surface area contributed by atoms with E-state index in [4.69, 9.17) is 16.3 Å². The summed E-state index contributed by atoms with van der Waals surface area (Å²) in [5.41, 5.74) is 1.41. The number of carbonyl (C=O) groups is 2. The van der Waals surface area contributed by atoms with Gasteiger partial charge >= 0.3 is 0 Å². The molecule has 28 heavy (non-hydrogen) atoms. The number of aromatic nitrogens is 1. The van der Waals surface area contributed by atoms with Gasteiger partial charge in [0.15, 0.2) is 0 Å². The fourth-order valence-electron chi connectivity index (χ4n) is 3.04. The van der Waals surface area contributed by atoms with Crippen LogP contribution < -0.4 is 15.0 Å². The van der Waals surface area contributed by atoms with Crippen LogP contribution in [0.5, 0.6) is 5.88 Å². The van der Waals surface area contributed by atoms with Crippen molar-refractivity contribution >= 4 is 29.1 Å². The van der Waals surface area contributed by atoms with Crippen molar-refractivity contribution in [3.63, 3.8) is 0 Å². The van der Waals surface area contributed by atoms with Crippen LogP contribution in [-0.4, -0.2) is 61.0 Å². The molecular weight excluding hydrogens is 380 g/mol. The van der Waals surface area contributed by atoms with E-state index in [9.17, 15) is 9.59 Å². The number of hydrogen-bond acceptors (Lipinski definition) is 5.